The first-order chi connectivity index (χ1) is 11.2. The number of ether oxygens (including phenoxy) is 1. The zero-order valence-electron chi connectivity index (χ0n) is 13.6. The van der Waals surface area contributed by atoms with Gasteiger partial charge in [-0.15, -0.1) is 0 Å². The van der Waals surface area contributed by atoms with Gasteiger partial charge >= 0.3 is 0 Å². The van der Waals surface area contributed by atoms with Crippen LogP contribution in [0.15, 0.2) is 24.3 Å². The summed E-state index contributed by atoms with van der Waals surface area (Å²) in [5.74, 6) is 1.56. The highest BCUT2D eigenvalue weighted by molar-refractivity contribution is 5.81. The Morgan fingerprint density at radius 3 is 2.48 bits per heavy atom. The third-order valence-corrected chi connectivity index (χ3v) is 4.54. The fourth-order valence-corrected chi connectivity index (χ4v) is 2.94. The van der Waals surface area contributed by atoms with E-state index in [1.807, 2.05) is 4.90 Å². The highest BCUT2D eigenvalue weighted by Gasteiger charge is 2.29. The van der Waals surface area contributed by atoms with Gasteiger partial charge in [0.2, 0.25) is 0 Å². The van der Waals surface area contributed by atoms with Crippen LogP contribution in [0, 0.1) is 17.2 Å². The number of amides is 1. The van der Waals surface area contributed by atoms with E-state index in [1.165, 1.54) is 19.4 Å². The number of rotatable bonds is 5. The second-order valence-corrected chi connectivity index (χ2v) is 6.47. The van der Waals surface area contributed by atoms with E-state index in [4.69, 9.17) is 10.00 Å². The van der Waals surface area contributed by atoms with Crippen LogP contribution >= 0.6 is 0 Å². The van der Waals surface area contributed by atoms with Crippen LogP contribution in [0.25, 0.3) is 0 Å². The van der Waals surface area contributed by atoms with Crippen LogP contribution in [0.2, 0.25) is 0 Å². The first kappa shape index (κ1) is 15.8. The maximum absolute atomic E-state index is 12.5. The molecule has 0 N–H and O–H groups in total. The number of hydrogen-bond donors (Lipinski definition) is 0. The summed E-state index contributed by atoms with van der Waals surface area (Å²) in [5, 5.41) is 8.79. The maximum Gasteiger partial charge on any atom is 0.263 e. The van der Waals surface area contributed by atoms with Crippen molar-refractivity contribution >= 4 is 5.91 Å². The molecule has 1 aliphatic heterocycles. The third-order valence-electron chi connectivity index (χ3n) is 4.54. The summed E-state index contributed by atoms with van der Waals surface area (Å²) in [6, 6.07) is 8.93. The fourth-order valence-electron chi connectivity index (χ4n) is 2.94. The molecule has 5 heteroatoms. The Kier molecular flexibility index (Phi) is 4.82. The fraction of sp³-hybridized carbons (Fsp3) is 0.556. The topological polar surface area (TPSA) is 56.6 Å². The molecule has 122 valence electrons. The Balaban J connectivity index is 1.48. The van der Waals surface area contributed by atoms with Crippen molar-refractivity contribution in [2.24, 2.45) is 5.92 Å². The zero-order chi connectivity index (χ0) is 16.2. The summed E-state index contributed by atoms with van der Waals surface area (Å²) in [6.45, 7) is 6.48. The van der Waals surface area contributed by atoms with E-state index in [0.29, 0.717) is 11.3 Å². The van der Waals surface area contributed by atoms with Crippen molar-refractivity contribution in [3.05, 3.63) is 29.8 Å². The first-order valence-corrected chi connectivity index (χ1v) is 8.33. The quantitative estimate of drug-likeness (QED) is 0.833. The molecule has 1 aliphatic carbocycles. The molecule has 5 nitrogen and oxygen atoms in total. The van der Waals surface area contributed by atoms with E-state index in [1.54, 1.807) is 31.2 Å². The lowest BCUT2D eigenvalue weighted by Crippen LogP contribution is -2.52. The van der Waals surface area contributed by atoms with E-state index in [2.05, 4.69) is 11.0 Å². The first-order valence-electron chi connectivity index (χ1n) is 8.33. The minimum atomic E-state index is -0.502. The Bertz CT molecular complexity index is 581. The van der Waals surface area contributed by atoms with Gasteiger partial charge in [-0.05, 0) is 49.9 Å². The summed E-state index contributed by atoms with van der Waals surface area (Å²) < 4.78 is 5.72. The van der Waals surface area contributed by atoms with E-state index in [0.717, 1.165) is 32.1 Å². The second kappa shape index (κ2) is 7.01. The van der Waals surface area contributed by atoms with Crippen LogP contribution in [-0.2, 0) is 4.79 Å². The van der Waals surface area contributed by atoms with Crippen LogP contribution < -0.4 is 4.74 Å². The summed E-state index contributed by atoms with van der Waals surface area (Å²) in [7, 11) is 0. The molecule has 1 aromatic carbocycles. The molecule has 0 aromatic heterocycles. The SMILES string of the molecule is C[C@@H](Oc1ccc(C#N)cc1)C(=O)N1CCN(CC2CC2)CC1. The lowest BCUT2D eigenvalue weighted by molar-refractivity contribution is -0.139. The van der Waals surface area contributed by atoms with Crippen LogP contribution in [0.5, 0.6) is 5.75 Å². The molecule has 0 spiro atoms. The molecule has 2 fully saturated rings. The molecular weight excluding hydrogens is 290 g/mol. The minimum Gasteiger partial charge on any atom is -0.481 e. The van der Waals surface area contributed by atoms with Gasteiger partial charge in [0, 0.05) is 32.7 Å². The maximum atomic E-state index is 12.5. The molecule has 23 heavy (non-hydrogen) atoms. The average molecular weight is 313 g/mol. The monoisotopic (exact) mass is 313 g/mol. The molecule has 1 atom stereocenters. The lowest BCUT2D eigenvalue weighted by atomic mass is 10.2. The highest BCUT2D eigenvalue weighted by atomic mass is 16.5. The number of piperazine rings is 1. The van der Waals surface area contributed by atoms with Crippen LogP contribution in [-0.4, -0.2) is 54.5 Å². The van der Waals surface area contributed by atoms with Gasteiger partial charge in [0.1, 0.15) is 5.75 Å². The highest BCUT2D eigenvalue weighted by Crippen LogP contribution is 2.30. The molecule has 1 saturated heterocycles. The lowest BCUT2D eigenvalue weighted by Gasteiger charge is -2.35. The van der Waals surface area contributed by atoms with E-state index in [-0.39, 0.29) is 5.91 Å². The molecule has 1 saturated carbocycles. The predicted octanol–water partition coefficient (Wildman–Crippen LogP) is 1.88. The number of carbonyl (C=O) groups is 1. The Morgan fingerprint density at radius 2 is 1.91 bits per heavy atom. The van der Waals surface area contributed by atoms with Crippen molar-refractivity contribution in [3.63, 3.8) is 0 Å². The van der Waals surface area contributed by atoms with Gasteiger partial charge in [-0.25, -0.2) is 0 Å². The zero-order valence-corrected chi connectivity index (χ0v) is 13.6. The van der Waals surface area contributed by atoms with Gasteiger partial charge in [0.15, 0.2) is 6.10 Å². The molecule has 0 radical (unpaired) electrons. The van der Waals surface area contributed by atoms with E-state index < -0.39 is 6.10 Å². The molecule has 3 rings (SSSR count). The van der Waals surface area contributed by atoms with Crippen molar-refractivity contribution in [1.82, 2.24) is 9.80 Å². The summed E-state index contributed by atoms with van der Waals surface area (Å²) in [6.07, 6.45) is 2.24. The summed E-state index contributed by atoms with van der Waals surface area (Å²) in [5.41, 5.74) is 0.586. The van der Waals surface area contributed by atoms with Crippen LogP contribution in [0.3, 0.4) is 0 Å². The van der Waals surface area contributed by atoms with Crippen molar-refractivity contribution < 1.29 is 9.53 Å². The molecule has 0 bridgehead atoms. The number of nitriles is 1. The largest absolute Gasteiger partial charge is 0.481 e. The molecule has 0 unspecified atom stereocenters. The Hall–Kier alpha value is -2.06. The third kappa shape index (κ3) is 4.23. The minimum absolute atomic E-state index is 0.0421. The standard InChI is InChI=1S/C18H23N3O2/c1-14(23-17-6-4-15(12-19)5-7-17)18(22)21-10-8-20(9-11-21)13-16-2-3-16/h4-7,14,16H,2-3,8-11,13H2,1H3/t14-/m1/s1. The summed E-state index contributed by atoms with van der Waals surface area (Å²) >= 11 is 0. The average Bonchev–Trinajstić information content (AvgIpc) is 3.39. The number of nitrogens with zero attached hydrogens (tertiary/aromatic N) is 3. The van der Waals surface area contributed by atoms with Crippen molar-refractivity contribution in [1.29, 1.82) is 5.26 Å². The van der Waals surface area contributed by atoms with Gasteiger partial charge in [-0.1, -0.05) is 0 Å². The Morgan fingerprint density at radius 1 is 1.26 bits per heavy atom. The van der Waals surface area contributed by atoms with Crippen LogP contribution in [0.4, 0.5) is 0 Å². The molecule has 2 aliphatic rings. The van der Waals surface area contributed by atoms with Gasteiger partial charge in [0.05, 0.1) is 11.6 Å². The van der Waals surface area contributed by atoms with Crippen molar-refractivity contribution in [3.8, 4) is 11.8 Å². The normalized spacial score (nSPS) is 19.9. The molecule has 1 heterocycles. The van der Waals surface area contributed by atoms with Gasteiger partial charge in [-0.3, -0.25) is 9.69 Å². The Labute approximate surface area is 137 Å². The molecule has 1 aromatic rings. The predicted molar refractivity (Wildman–Crippen MR) is 87.0 cm³/mol. The summed E-state index contributed by atoms with van der Waals surface area (Å²) in [4.78, 5) is 16.9. The number of hydrogen-bond acceptors (Lipinski definition) is 4. The molecule has 1 amide bonds. The molecular formula is C18H23N3O2. The van der Waals surface area contributed by atoms with Crippen molar-refractivity contribution in [2.75, 3.05) is 32.7 Å². The number of carbonyl (C=O) groups excluding carboxylic acids is 1. The van der Waals surface area contributed by atoms with Gasteiger partial charge in [0.25, 0.3) is 5.91 Å². The van der Waals surface area contributed by atoms with Crippen molar-refractivity contribution in [2.45, 2.75) is 25.9 Å². The van der Waals surface area contributed by atoms with E-state index >= 15 is 0 Å². The van der Waals surface area contributed by atoms with Crippen LogP contribution in [0.1, 0.15) is 25.3 Å². The van der Waals surface area contributed by atoms with Gasteiger partial charge in [-0.2, -0.15) is 5.26 Å². The smallest absolute Gasteiger partial charge is 0.263 e. The second-order valence-electron chi connectivity index (χ2n) is 6.47. The number of benzene rings is 1. The van der Waals surface area contributed by atoms with E-state index in [9.17, 15) is 4.79 Å². The van der Waals surface area contributed by atoms with Gasteiger partial charge < -0.3 is 9.64 Å².